The van der Waals surface area contributed by atoms with Crippen LogP contribution in [0.5, 0.6) is 0 Å². The highest BCUT2D eigenvalue weighted by atomic mass is 16.3. The molecule has 2 amide bonds. The van der Waals surface area contributed by atoms with Gasteiger partial charge in [-0.3, -0.25) is 9.59 Å². The Morgan fingerprint density at radius 3 is 2.37 bits per heavy atom. The predicted molar refractivity (Wildman–Crippen MR) is 110 cm³/mol. The molecule has 0 N–H and O–H groups in total. The number of benzene rings is 1. The fourth-order valence-corrected chi connectivity index (χ4v) is 4.45. The molecule has 2 fully saturated rings. The van der Waals surface area contributed by atoms with Crippen LogP contribution in [-0.2, 0) is 0 Å². The normalized spacial score (nSPS) is 18.1. The lowest BCUT2D eigenvalue weighted by Crippen LogP contribution is -2.50. The molecule has 0 atom stereocenters. The number of furan rings is 1. The number of amides is 2. The van der Waals surface area contributed by atoms with Gasteiger partial charge in [-0.25, -0.2) is 4.98 Å². The second-order valence-corrected chi connectivity index (χ2v) is 8.13. The highest BCUT2D eigenvalue weighted by Gasteiger charge is 2.27. The summed E-state index contributed by atoms with van der Waals surface area (Å²) in [6.07, 6.45) is 7.48. The molecule has 1 saturated heterocycles. The summed E-state index contributed by atoms with van der Waals surface area (Å²) in [6.45, 7) is 1.96. The maximum atomic E-state index is 13.0. The van der Waals surface area contributed by atoms with Crippen molar-refractivity contribution in [2.75, 3.05) is 26.2 Å². The zero-order valence-corrected chi connectivity index (χ0v) is 16.9. The minimum atomic E-state index is -0.134. The van der Waals surface area contributed by atoms with Crippen molar-refractivity contribution in [1.82, 2.24) is 14.8 Å². The summed E-state index contributed by atoms with van der Waals surface area (Å²) in [7, 11) is 0. The molecule has 1 aromatic carbocycles. The number of carbonyl (C=O) groups is 2. The van der Waals surface area contributed by atoms with E-state index in [2.05, 4.69) is 4.98 Å². The molecule has 0 unspecified atom stereocenters. The molecule has 1 saturated carbocycles. The van der Waals surface area contributed by atoms with Crippen LogP contribution in [0.3, 0.4) is 0 Å². The Bertz CT molecular complexity index is 1040. The Kier molecular flexibility index (Phi) is 5.02. The van der Waals surface area contributed by atoms with Crippen molar-refractivity contribution in [3.8, 4) is 0 Å². The average molecular weight is 407 g/mol. The van der Waals surface area contributed by atoms with Crippen LogP contribution in [0.1, 0.15) is 64.8 Å². The van der Waals surface area contributed by atoms with E-state index < -0.39 is 0 Å². The van der Waals surface area contributed by atoms with Crippen LogP contribution in [0.15, 0.2) is 45.4 Å². The van der Waals surface area contributed by atoms with E-state index in [1.807, 2.05) is 12.1 Å². The third-order valence-corrected chi connectivity index (χ3v) is 6.19. The lowest BCUT2D eigenvalue weighted by Gasteiger charge is -2.34. The summed E-state index contributed by atoms with van der Waals surface area (Å²) in [5.41, 5.74) is 2.08. The molecule has 0 bridgehead atoms. The minimum Gasteiger partial charge on any atom is -0.459 e. The Hall–Kier alpha value is -3.09. The monoisotopic (exact) mass is 407 g/mol. The molecule has 0 spiro atoms. The third-order valence-electron chi connectivity index (χ3n) is 6.19. The van der Waals surface area contributed by atoms with E-state index in [1.165, 1.54) is 25.5 Å². The summed E-state index contributed by atoms with van der Waals surface area (Å²) in [5.74, 6) is 1.35. The smallest absolute Gasteiger partial charge is 0.289 e. The standard InChI is InChI=1S/C23H25N3O4/c27-22(25-10-12-26(13-11-25)23(28)19-7-4-14-29-19)17-8-9-18-20(15-17)30-21(24-18)16-5-2-1-3-6-16/h4,7-9,14-16H,1-3,5-6,10-13H2. The van der Waals surface area contributed by atoms with E-state index in [4.69, 9.17) is 8.83 Å². The minimum absolute atomic E-state index is 0.0439. The number of rotatable bonds is 3. The Morgan fingerprint density at radius 2 is 1.67 bits per heavy atom. The van der Waals surface area contributed by atoms with Gasteiger partial charge < -0.3 is 18.6 Å². The molecule has 3 heterocycles. The number of nitrogens with zero attached hydrogens (tertiary/aromatic N) is 3. The van der Waals surface area contributed by atoms with Gasteiger partial charge in [0.15, 0.2) is 17.2 Å². The second-order valence-electron chi connectivity index (χ2n) is 8.13. The number of fused-ring (bicyclic) bond motifs is 1. The van der Waals surface area contributed by atoms with E-state index in [9.17, 15) is 9.59 Å². The van der Waals surface area contributed by atoms with Crippen molar-refractivity contribution >= 4 is 22.9 Å². The van der Waals surface area contributed by atoms with Gasteiger partial charge in [0.2, 0.25) is 0 Å². The molecule has 5 rings (SSSR count). The third kappa shape index (κ3) is 3.60. The average Bonchev–Trinajstić information content (AvgIpc) is 3.48. The lowest BCUT2D eigenvalue weighted by atomic mass is 9.89. The van der Waals surface area contributed by atoms with Gasteiger partial charge in [0, 0.05) is 37.7 Å². The molecule has 30 heavy (non-hydrogen) atoms. The van der Waals surface area contributed by atoms with Gasteiger partial charge in [0.05, 0.1) is 6.26 Å². The Labute approximate surface area is 174 Å². The molecular formula is C23H25N3O4. The van der Waals surface area contributed by atoms with Gasteiger partial charge in [0.25, 0.3) is 11.8 Å². The first-order chi connectivity index (χ1) is 14.7. The first-order valence-electron chi connectivity index (χ1n) is 10.7. The summed E-state index contributed by atoms with van der Waals surface area (Å²) >= 11 is 0. The highest BCUT2D eigenvalue weighted by Crippen LogP contribution is 2.34. The first kappa shape index (κ1) is 18.9. The molecule has 156 valence electrons. The topological polar surface area (TPSA) is 79.8 Å². The van der Waals surface area contributed by atoms with Gasteiger partial charge in [0.1, 0.15) is 5.52 Å². The quantitative estimate of drug-likeness (QED) is 0.654. The van der Waals surface area contributed by atoms with E-state index >= 15 is 0 Å². The van der Waals surface area contributed by atoms with Gasteiger partial charge in [-0.15, -0.1) is 0 Å². The van der Waals surface area contributed by atoms with Crippen molar-refractivity contribution in [2.24, 2.45) is 0 Å². The largest absolute Gasteiger partial charge is 0.459 e. The second kappa shape index (κ2) is 7.97. The van der Waals surface area contributed by atoms with Crippen molar-refractivity contribution in [3.63, 3.8) is 0 Å². The van der Waals surface area contributed by atoms with E-state index in [0.717, 1.165) is 24.2 Å². The number of aromatic nitrogens is 1. The lowest BCUT2D eigenvalue weighted by molar-refractivity contribution is 0.0518. The van der Waals surface area contributed by atoms with Gasteiger partial charge in [-0.1, -0.05) is 19.3 Å². The summed E-state index contributed by atoms with van der Waals surface area (Å²) in [6, 6.07) is 8.85. The first-order valence-corrected chi connectivity index (χ1v) is 10.7. The van der Waals surface area contributed by atoms with Crippen LogP contribution < -0.4 is 0 Å². The van der Waals surface area contributed by atoms with E-state index in [0.29, 0.717) is 49.0 Å². The predicted octanol–water partition coefficient (Wildman–Crippen LogP) is 4.07. The maximum absolute atomic E-state index is 13.0. The molecule has 7 heteroatoms. The number of carbonyl (C=O) groups excluding carboxylic acids is 2. The molecule has 2 aromatic heterocycles. The van der Waals surface area contributed by atoms with Crippen molar-refractivity contribution in [3.05, 3.63) is 53.8 Å². The van der Waals surface area contributed by atoms with Gasteiger partial charge in [-0.05, 0) is 43.2 Å². The summed E-state index contributed by atoms with van der Waals surface area (Å²) in [5, 5.41) is 0. The zero-order valence-electron chi connectivity index (χ0n) is 16.9. The molecule has 1 aliphatic carbocycles. The molecule has 3 aromatic rings. The van der Waals surface area contributed by atoms with Crippen molar-refractivity contribution < 1.29 is 18.4 Å². The van der Waals surface area contributed by atoms with E-state index in [1.54, 1.807) is 28.0 Å². The van der Waals surface area contributed by atoms with Gasteiger partial charge >= 0.3 is 0 Å². The molecule has 7 nitrogen and oxygen atoms in total. The van der Waals surface area contributed by atoms with Crippen LogP contribution in [-0.4, -0.2) is 52.8 Å². The van der Waals surface area contributed by atoms with Crippen LogP contribution >= 0.6 is 0 Å². The molecule has 0 radical (unpaired) electrons. The van der Waals surface area contributed by atoms with Crippen LogP contribution in [0.4, 0.5) is 0 Å². The Morgan fingerprint density at radius 1 is 0.933 bits per heavy atom. The van der Waals surface area contributed by atoms with Crippen LogP contribution in [0, 0.1) is 0 Å². The summed E-state index contributed by atoms with van der Waals surface area (Å²) in [4.78, 5) is 33.6. The van der Waals surface area contributed by atoms with Crippen LogP contribution in [0.25, 0.3) is 11.1 Å². The van der Waals surface area contributed by atoms with Crippen molar-refractivity contribution in [2.45, 2.75) is 38.0 Å². The zero-order chi connectivity index (χ0) is 20.5. The fraction of sp³-hybridized carbons (Fsp3) is 0.435. The number of hydrogen-bond acceptors (Lipinski definition) is 5. The highest BCUT2D eigenvalue weighted by molar-refractivity contribution is 5.97. The molecular weight excluding hydrogens is 382 g/mol. The molecule has 1 aliphatic heterocycles. The Balaban J connectivity index is 1.26. The SMILES string of the molecule is O=C(c1ccc2nc(C3CCCCC3)oc2c1)N1CCN(C(=O)c2ccco2)CC1. The van der Waals surface area contributed by atoms with E-state index in [-0.39, 0.29) is 11.8 Å². The van der Waals surface area contributed by atoms with Crippen molar-refractivity contribution in [1.29, 1.82) is 0 Å². The van der Waals surface area contributed by atoms with Gasteiger partial charge in [-0.2, -0.15) is 0 Å². The number of piperazine rings is 1. The number of oxazole rings is 1. The fourth-order valence-electron chi connectivity index (χ4n) is 4.45. The maximum Gasteiger partial charge on any atom is 0.289 e. The number of hydrogen-bond donors (Lipinski definition) is 0. The summed E-state index contributed by atoms with van der Waals surface area (Å²) < 4.78 is 11.2. The molecule has 2 aliphatic rings. The van der Waals surface area contributed by atoms with Crippen LogP contribution in [0.2, 0.25) is 0 Å².